The maximum absolute atomic E-state index is 13.2. The van der Waals surface area contributed by atoms with Crippen molar-refractivity contribution in [2.24, 2.45) is 5.73 Å². The van der Waals surface area contributed by atoms with Crippen LogP contribution in [0.2, 0.25) is 0 Å². The van der Waals surface area contributed by atoms with E-state index in [0.29, 0.717) is 11.4 Å². The molecule has 1 atom stereocenters. The largest absolute Gasteiger partial charge is 0.398 e. The third-order valence-corrected chi connectivity index (χ3v) is 4.51. The summed E-state index contributed by atoms with van der Waals surface area (Å²) in [5.74, 6) is -0.188. The third kappa shape index (κ3) is 1.94. The van der Waals surface area contributed by atoms with Crippen molar-refractivity contribution in [3.8, 4) is 0 Å². The van der Waals surface area contributed by atoms with Gasteiger partial charge in [0, 0.05) is 18.2 Å². The van der Waals surface area contributed by atoms with Gasteiger partial charge in [-0.05, 0) is 25.5 Å². The Balaban J connectivity index is 2.36. The highest BCUT2D eigenvalue weighted by molar-refractivity contribution is 6.08. The van der Waals surface area contributed by atoms with Crippen molar-refractivity contribution in [3.05, 3.63) is 65.5 Å². The summed E-state index contributed by atoms with van der Waals surface area (Å²) in [6.45, 7) is 3.82. The molecule has 0 saturated carbocycles. The molecule has 1 heterocycles. The smallest absolute Gasteiger partial charge is 0.394 e. The fourth-order valence-corrected chi connectivity index (χ4v) is 3.18. The van der Waals surface area contributed by atoms with Crippen molar-refractivity contribution in [1.82, 2.24) is 9.60 Å². The minimum absolute atomic E-state index is 0.148. The molecule has 1 aliphatic rings. The molecule has 1 aliphatic heterocycles. The minimum atomic E-state index is -0.188. The van der Waals surface area contributed by atoms with Crippen LogP contribution in [0.4, 0.5) is 17.1 Å². The SMILES string of the molecule is CC1=C(N)C(=O)[N+](c2ccccc2)(c2ccc(C)cc2N)N1C. The summed E-state index contributed by atoms with van der Waals surface area (Å²) >= 11 is 0. The zero-order chi connectivity index (χ0) is 16.8. The Hall–Kier alpha value is -2.79. The zero-order valence-electron chi connectivity index (χ0n) is 13.6. The van der Waals surface area contributed by atoms with Crippen LogP contribution in [-0.4, -0.2) is 18.0 Å². The first-order valence-electron chi connectivity index (χ1n) is 7.47. The van der Waals surface area contributed by atoms with Crippen molar-refractivity contribution in [3.63, 3.8) is 0 Å². The number of anilines is 1. The summed E-state index contributed by atoms with van der Waals surface area (Å²) in [4.78, 5) is 13.2. The first-order valence-corrected chi connectivity index (χ1v) is 7.47. The Bertz CT molecular complexity index is 813. The first-order chi connectivity index (χ1) is 10.9. The topological polar surface area (TPSA) is 72.3 Å². The van der Waals surface area contributed by atoms with Crippen LogP contribution < -0.4 is 16.1 Å². The van der Waals surface area contributed by atoms with Gasteiger partial charge in [-0.2, -0.15) is 0 Å². The average molecular weight is 309 g/mol. The van der Waals surface area contributed by atoms with Gasteiger partial charge in [0.1, 0.15) is 0 Å². The van der Waals surface area contributed by atoms with Gasteiger partial charge in [-0.25, -0.2) is 9.80 Å². The number of carbonyl (C=O) groups excluding carboxylic acids is 1. The van der Waals surface area contributed by atoms with E-state index >= 15 is 0 Å². The lowest BCUT2D eigenvalue weighted by Crippen LogP contribution is -2.56. The summed E-state index contributed by atoms with van der Waals surface area (Å²) in [6, 6.07) is 15.3. The van der Waals surface area contributed by atoms with Gasteiger partial charge < -0.3 is 11.5 Å². The number of allylic oxidation sites excluding steroid dienone is 1. The van der Waals surface area contributed by atoms with Crippen molar-refractivity contribution >= 4 is 23.0 Å². The molecule has 3 rings (SSSR count). The van der Waals surface area contributed by atoms with E-state index < -0.39 is 0 Å². The highest BCUT2D eigenvalue weighted by Crippen LogP contribution is 2.45. The monoisotopic (exact) mass is 309 g/mol. The molecule has 23 heavy (non-hydrogen) atoms. The molecular formula is C18H21N4O+. The molecule has 5 nitrogen and oxygen atoms in total. The number of hydrogen-bond acceptors (Lipinski definition) is 4. The van der Waals surface area contributed by atoms with Crippen LogP contribution in [0.3, 0.4) is 0 Å². The van der Waals surface area contributed by atoms with E-state index in [2.05, 4.69) is 0 Å². The molecule has 4 N–H and O–H groups in total. The summed E-state index contributed by atoms with van der Waals surface area (Å²) in [6.07, 6.45) is 0. The number of hydrogen-bond donors (Lipinski definition) is 2. The van der Waals surface area contributed by atoms with E-state index in [1.54, 1.807) is 0 Å². The van der Waals surface area contributed by atoms with Crippen LogP contribution in [0, 0.1) is 6.92 Å². The average Bonchev–Trinajstić information content (AvgIpc) is 2.71. The summed E-state index contributed by atoms with van der Waals surface area (Å²) in [7, 11) is 1.86. The number of para-hydroxylation sites is 1. The quantitative estimate of drug-likeness (QED) is 0.661. The highest BCUT2D eigenvalue weighted by atomic mass is 16.2. The van der Waals surface area contributed by atoms with Crippen molar-refractivity contribution in [2.45, 2.75) is 13.8 Å². The molecule has 0 spiro atoms. The predicted molar refractivity (Wildman–Crippen MR) is 93.1 cm³/mol. The van der Waals surface area contributed by atoms with Crippen LogP contribution in [-0.2, 0) is 4.79 Å². The Morgan fingerprint density at radius 3 is 2.17 bits per heavy atom. The molecule has 118 valence electrons. The number of nitrogens with zero attached hydrogens (tertiary/aromatic N) is 2. The fourth-order valence-electron chi connectivity index (χ4n) is 3.18. The molecular weight excluding hydrogens is 288 g/mol. The standard InChI is InChI=1S/C18H21N4O/c1-12-9-10-16(15(19)11-12)22(14-7-5-4-6-8-14)18(23)17(20)13(2)21(22)3/h4-11H,19-20H2,1-3H3/q+1. The molecule has 1 amide bonds. The summed E-state index contributed by atoms with van der Waals surface area (Å²) in [5, 5.41) is 1.87. The fraction of sp³-hybridized carbons (Fsp3) is 0.167. The Morgan fingerprint density at radius 2 is 1.65 bits per heavy atom. The molecule has 2 aromatic rings. The van der Waals surface area contributed by atoms with Gasteiger partial charge in [-0.1, -0.05) is 28.9 Å². The molecule has 2 aromatic carbocycles. The van der Waals surface area contributed by atoms with E-state index in [-0.39, 0.29) is 16.2 Å². The van der Waals surface area contributed by atoms with E-state index in [0.717, 1.165) is 16.9 Å². The number of rotatable bonds is 2. The van der Waals surface area contributed by atoms with E-state index in [1.165, 1.54) is 0 Å². The number of benzene rings is 2. The number of amides is 1. The molecule has 0 aliphatic carbocycles. The maximum atomic E-state index is 13.2. The predicted octanol–water partition coefficient (Wildman–Crippen LogP) is 2.79. The second-order valence-electron chi connectivity index (χ2n) is 5.86. The molecule has 1 unspecified atom stereocenters. The van der Waals surface area contributed by atoms with Crippen molar-refractivity contribution < 1.29 is 4.79 Å². The summed E-state index contributed by atoms with van der Waals surface area (Å²) in [5.41, 5.74) is 16.5. The van der Waals surface area contributed by atoms with Gasteiger partial charge in [0.15, 0.2) is 17.1 Å². The Labute approximate surface area is 136 Å². The van der Waals surface area contributed by atoms with Crippen LogP contribution in [0.15, 0.2) is 59.9 Å². The van der Waals surface area contributed by atoms with Crippen molar-refractivity contribution in [2.75, 3.05) is 12.8 Å². The van der Waals surface area contributed by atoms with Crippen LogP contribution in [0.25, 0.3) is 0 Å². The highest BCUT2D eigenvalue weighted by Gasteiger charge is 2.55. The second-order valence-corrected chi connectivity index (χ2v) is 5.86. The second kappa shape index (κ2) is 5.14. The maximum Gasteiger partial charge on any atom is 0.398 e. The van der Waals surface area contributed by atoms with Gasteiger partial charge >= 0.3 is 5.91 Å². The number of aryl methyl sites for hydroxylation is 1. The Morgan fingerprint density at radius 1 is 1.00 bits per heavy atom. The third-order valence-electron chi connectivity index (χ3n) is 4.51. The van der Waals surface area contributed by atoms with Gasteiger partial charge in [0.25, 0.3) is 0 Å². The minimum Gasteiger partial charge on any atom is -0.394 e. The first kappa shape index (κ1) is 15.1. The number of quaternary nitrogens is 1. The van der Waals surface area contributed by atoms with Crippen LogP contribution in [0.1, 0.15) is 12.5 Å². The van der Waals surface area contributed by atoms with Gasteiger partial charge in [-0.15, -0.1) is 0 Å². The number of nitrogen functional groups attached to an aromatic ring is 1. The van der Waals surface area contributed by atoms with Gasteiger partial charge in [0.05, 0.1) is 18.4 Å². The summed E-state index contributed by atoms with van der Waals surface area (Å²) < 4.78 is -0.148. The van der Waals surface area contributed by atoms with Crippen LogP contribution in [0.5, 0.6) is 0 Å². The zero-order valence-corrected chi connectivity index (χ0v) is 13.6. The van der Waals surface area contributed by atoms with E-state index in [9.17, 15) is 4.79 Å². The lowest BCUT2D eigenvalue weighted by atomic mass is 10.1. The van der Waals surface area contributed by atoms with E-state index in [4.69, 9.17) is 11.5 Å². The molecule has 0 saturated heterocycles. The molecule has 5 heteroatoms. The molecule has 0 aromatic heterocycles. The number of carbonyl (C=O) groups is 1. The van der Waals surface area contributed by atoms with E-state index in [1.807, 2.05) is 74.4 Å². The molecule has 0 bridgehead atoms. The molecule has 0 fully saturated rings. The van der Waals surface area contributed by atoms with Crippen LogP contribution >= 0.6 is 0 Å². The van der Waals surface area contributed by atoms with Crippen molar-refractivity contribution in [1.29, 1.82) is 0 Å². The van der Waals surface area contributed by atoms with Gasteiger partial charge in [0.2, 0.25) is 0 Å². The Kier molecular flexibility index (Phi) is 3.38. The van der Waals surface area contributed by atoms with Gasteiger partial charge in [-0.3, -0.25) is 0 Å². The molecule has 0 radical (unpaired) electrons. The lowest BCUT2D eigenvalue weighted by molar-refractivity contribution is -0.129. The number of nitrogens with two attached hydrogens (primary N) is 2. The normalized spacial score (nSPS) is 21.2. The lowest BCUT2D eigenvalue weighted by Gasteiger charge is -2.37.